The van der Waals surface area contributed by atoms with Crippen LogP contribution in [0.25, 0.3) is 0 Å². The maximum atomic E-state index is 12.5. The van der Waals surface area contributed by atoms with Crippen LogP contribution in [0.1, 0.15) is 42.3 Å². The zero-order valence-electron chi connectivity index (χ0n) is 18.4. The number of hydrogen-bond acceptors (Lipinski definition) is 4. The molecule has 2 N–H and O–H groups in total. The Labute approximate surface area is 187 Å². The fourth-order valence-electron chi connectivity index (χ4n) is 2.99. The zero-order chi connectivity index (χ0) is 23.1. The van der Waals surface area contributed by atoms with Gasteiger partial charge in [0.05, 0.1) is 6.54 Å². The van der Waals surface area contributed by atoms with E-state index in [9.17, 15) is 14.4 Å². The van der Waals surface area contributed by atoms with Gasteiger partial charge in [-0.25, -0.2) is 4.79 Å². The van der Waals surface area contributed by atoms with Crippen molar-refractivity contribution in [3.8, 4) is 0 Å². The number of carbonyl (C=O) groups excluding carboxylic acids is 2. The van der Waals surface area contributed by atoms with Gasteiger partial charge in [0.1, 0.15) is 5.60 Å². The molecule has 0 saturated heterocycles. The second kappa shape index (κ2) is 9.96. The molecule has 2 amide bonds. The normalized spacial score (nSPS) is 11.0. The molecule has 1 aromatic heterocycles. The lowest BCUT2D eigenvalue weighted by Crippen LogP contribution is -2.27. The van der Waals surface area contributed by atoms with Crippen LogP contribution in [-0.2, 0) is 17.8 Å². The van der Waals surface area contributed by atoms with Crippen LogP contribution in [0.15, 0.2) is 77.7 Å². The van der Waals surface area contributed by atoms with Crippen molar-refractivity contribution in [2.45, 2.75) is 39.5 Å². The van der Waals surface area contributed by atoms with Gasteiger partial charge < -0.3 is 14.6 Å². The number of rotatable bonds is 6. The Morgan fingerprint density at radius 2 is 1.66 bits per heavy atom. The van der Waals surface area contributed by atoms with Crippen molar-refractivity contribution in [1.82, 2.24) is 9.88 Å². The highest BCUT2D eigenvalue weighted by molar-refractivity contribution is 5.96. The van der Waals surface area contributed by atoms with Crippen molar-refractivity contribution in [2.24, 2.45) is 0 Å². The van der Waals surface area contributed by atoms with E-state index in [1.807, 2.05) is 30.3 Å². The number of nitrogens with one attached hydrogen (secondary N) is 2. The molecule has 166 valence electrons. The molecule has 0 bridgehead atoms. The van der Waals surface area contributed by atoms with Gasteiger partial charge in [0.25, 0.3) is 11.5 Å². The number of carbonyl (C=O) groups is 2. The molecule has 0 unspecified atom stereocenters. The molecule has 32 heavy (non-hydrogen) atoms. The maximum absolute atomic E-state index is 12.5. The van der Waals surface area contributed by atoms with Gasteiger partial charge in [-0.3, -0.25) is 14.9 Å². The van der Waals surface area contributed by atoms with Crippen LogP contribution in [0.3, 0.4) is 0 Å². The van der Waals surface area contributed by atoms with E-state index in [2.05, 4.69) is 10.6 Å². The second-order valence-electron chi connectivity index (χ2n) is 8.37. The summed E-state index contributed by atoms with van der Waals surface area (Å²) in [6, 6.07) is 19.4. The first-order valence-electron chi connectivity index (χ1n) is 10.3. The lowest BCUT2D eigenvalue weighted by Gasteiger charge is -2.19. The topological polar surface area (TPSA) is 89.4 Å². The third kappa shape index (κ3) is 6.84. The lowest BCUT2D eigenvalue weighted by molar-refractivity contribution is 0.0635. The number of benzene rings is 2. The van der Waals surface area contributed by atoms with Gasteiger partial charge in [0.2, 0.25) is 0 Å². The van der Waals surface area contributed by atoms with Crippen molar-refractivity contribution in [1.29, 1.82) is 0 Å². The van der Waals surface area contributed by atoms with Crippen LogP contribution in [0, 0.1) is 0 Å². The van der Waals surface area contributed by atoms with Crippen LogP contribution in [0.5, 0.6) is 0 Å². The first-order chi connectivity index (χ1) is 15.2. The molecule has 0 radical (unpaired) electrons. The van der Waals surface area contributed by atoms with E-state index in [-0.39, 0.29) is 11.5 Å². The number of pyridine rings is 1. The van der Waals surface area contributed by atoms with Gasteiger partial charge in [0.15, 0.2) is 0 Å². The van der Waals surface area contributed by atoms with E-state index in [1.54, 1.807) is 61.9 Å². The summed E-state index contributed by atoms with van der Waals surface area (Å²) in [6.45, 7) is 6.19. The molecular formula is C25H27N3O4. The number of ether oxygens (including phenoxy) is 1. The van der Waals surface area contributed by atoms with Gasteiger partial charge in [0, 0.05) is 30.1 Å². The number of amides is 2. The quantitative estimate of drug-likeness (QED) is 0.610. The first kappa shape index (κ1) is 22.8. The van der Waals surface area contributed by atoms with E-state index in [0.717, 1.165) is 11.1 Å². The van der Waals surface area contributed by atoms with Gasteiger partial charge in [-0.2, -0.15) is 0 Å². The fourth-order valence-corrected chi connectivity index (χ4v) is 2.99. The predicted molar refractivity (Wildman–Crippen MR) is 124 cm³/mol. The van der Waals surface area contributed by atoms with Crippen LogP contribution in [0.2, 0.25) is 0 Å². The molecule has 7 nitrogen and oxygen atoms in total. The molecule has 2 aromatic carbocycles. The van der Waals surface area contributed by atoms with E-state index < -0.39 is 11.7 Å². The Morgan fingerprint density at radius 1 is 0.938 bits per heavy atom. The van der Waals surface area contributed by atoms with E-state index in [4.69, 9.17) is 4.74 Å². The average molecular weight is 434 g/mol. The Balaban J connectivity index is 1.56. The summed E-state index contributed by atoms with van der Waals surface area (Å²) in [7, 11) is 0. The van der Waals surface area contributed by atoms with Gasteiger partial charge in [-0.15, -0.1) is 0 Å². The van der Waals surface area contributed by atoms with Crippen LogP contribution < -0.4 is 16.2 Å². The highest BCUT2D eigenvalue weighted by Gasteiger charge is 2.16. The summed E-state index contributed by atoms with van der Waals surface area (Å²) in [6.07, 6.45) is 1.18. The Kier molecular flexibility index (Phi) is 7.10. The minimum atomic E-state index is -0.605. The van der Waals surface area contributed by atoms with Crippen molar-refractivity contribution in [3.05, 3.63) is 100.0 Å². The van der Waals surface area contributed by atoms with Crippen molar-refractivity contribution in [2.75, 3.05) is 5.32 Å². The minimum Gasteiger partial charge on any atom is -0.444 e. The summed E-state index contributed by atoms with van der Waals surface area (Å²) in [5, 5.41) is 5.51. The molecule has 0 saturated carbocycles. The monoisotopic (exact) mass is 433 g/mol. The Hall–Kier alpha value is -3.87. The SMILES string of the molecule is CC(C)(C)OC(=O)Nc1cccc(C(=O)NCc2ccc(Cn3ccccc3=O)cc2)c1. The number of nitrogens with zero attached hydrogens (tertiary/aromatic N) is 1. The third-order valence-electron chi connectivity index (χ3n) is 4.50. The summed E-state index contributed by atoms with van der Waals surface area (Å²) in [4.78, 5) is 36.3. The molecule has 7 heteroatoms. The highest BCUT2D eigenvalue weighted by Crippen LogP contribution is 2.14. The molecule has 3 rings (SSSR count). The Bertz CT molecular complexity index is 1140. The molecule has 0 aliphatic carbocycles. The van der Waals surface area contributed by atoms with Gasteiger partial charge >= 0.3 is 6.09 Å². The first-order valence-corrected chi connectivity index (χ1v) is 10.3. The summed E-state index contributed by atoms with van der Waals surface area (Å²) in [5.41, 5.74) is 2.18. The fraction of sp³-hybridized carbons (Fsp3) is 0.240. The van der Waals surface area contributed by atoms with Gasteiger partial charge in [-0.05, 0) is 56.2 Å². The smallest absolute Gasteiger partial charge is 0.412 e. The van der Waals surface area contributed by atoms with Crippen molar-refractivity contribution in [3.63, 3.8) is 0 Å². The Morgan fingerprint density at radius 3 is 2.34 bits per heavy atom. The minimum absolute atomic E-state index is 0.0489. The van der Waals surface area contributed by atoms with E-state index >= 15 is 0 Å². The highest BCUT2D eigenvalue weighted by atomic mass is 16.6. The lowest BCUT2D eigenvalue weighted by atomic mass is 10.1. The predicted octanol–water partition coefficient (Wildman–Crippen LogP) is 4.17. The molecule has 3 aromatic rings. The van der Waals surface area contributed by atoms with E-state index in [0.29, 0.717) is 24.3 Å². The summed E-state index contributed by atoms with van der Waals surface area (Å²) in [5.74, 6) is -0.252. The van der Waals surface area contributed by atoms with Crippen molar-refractivity contribution < 1.29 is 14.3 Å². The molecule has 1 heterocycles. The standard InChI is InChI=1S/C25H27N3O4/c1-25(2,3)32-24(31)27-21-8-6-7-20(15-21)23(30)26-16-18-10-12-19(13-11-18)17-28-14-5-4-9-22(28)29/h4-15H,16-17H2,1-3H3,(H,26,30)(H,27,31). The third-order valence-corrected chi connectivity index (χ3v) is 4.50. The molecule has 0 aliphatic rings. The average Bonchev–Trinajstić information content (AvgIpc) is 2.73. The zero-order valence-corrected chi connectivity index (χ0v) is 18.4. The van der Waals surface area contributed by atoms with Crippen LogP contribution >= 0.6 is 0 Å². The van der Waals surface area contributed by atoms with Gasteiger partial charge in [-0.1, -0.05) is 36.4 Å². The largest absolute Gasteiger partial charge is 0.444 e. The maximum Gasteiger partial charge on any atom is 0.412 e. The van der Waals surface area contributed by atoms with Crippen molar-refractivity contribution >= 4 is 17.7 Å². The molecule has 0 atom stereocenters. The van der Waals surface area contributed by atoms with Crippen LogP contribution in [0.4, 0.5) is 10.5 Å². The molecular weight excluding hydrogens is 406 g/mol. The molecule has 0 fully saturated rings. The second-order valence-corrected chi connectivity index (χ2v) is 8.37. The number of anilines is 1. The van der Waals surface area contributed by atoms with Crippen LogP contribution in [-0.4, -0.2) is 22.2 Å². The summed E-state index contributed by atoms with van der Waals surface area (Å²) >= 11 is 0. The summed E-state index contributed by atoms with van der Waals surface area (Å²) < 4.78 is 6.87. The molecule has 0 spiro atoms. The number of aromatic nitrogens is 1. The number of hydrogen-bond donors (Lipinski definition) is 2. The molecule has 0 aliphatic heterocycles. The van der Waals surface area contributed by atoms with E-state index in [1.165, 1.54) is 6.07 Å².